The normalized spacial score (nSPS) is 15.6. The van der Waals surface area contributed by atoms with Gasteiger partial charge < -0.3 is 5.32 Å². The summed E-state index contributed by atoms with van der Waals surface area (Å²) in [5.74, 6) is 0.201. The molecular weight excluding hydrogens is 318 g/mol. The molecule has 26 heavy (non-hydrogen) atoms. The van der Waals surface area contributed by atoms with Gasteiger partial charge in [0, 0.05) is 18.0 Å². The van der Waals surface area contributed by atoms with E-state index in [4.69, 9.17) is 0 Å². The Kier molecular flexibility index (Phi) is 7.88. The van der Waals surface area contributed by atoms with Crippen molar-refractivity contribution in [3.8, 4) is 0 Å². The van der Waals surface area contributed by atoms with Gasteiger partial charge in [-0.1, -0.05) is 72.9 Å². The van der Waals surface area contributed by atoms with Crippen molar-refractivity contribution in [1.29, 1.82) is 0 Å². The third-order valence-electron chi connectivity index (χ3n) is 4.64. The third kappa shape index (κ3) is 6.03. The SMILES string of the molecule is C=C(/C=C\C(C)=C/C)C(=O)NCCC(C1=CCCC=C1)c1ccccc1. The Balaban J connectivity index is 1.96. The van der Waals surface area contributed by atoms with Crippen molar-refractivity contribution < 1.29 is 4.79 Å². The second-order valence-corrected chi connectivity index (χ2v) is 6.58. The Bertz CT molecular complexity index is 735. The highest BCUT2D eigenvalue weighted by Crippen LogP contribution is 2.30. The molecule has 136 valence electrons. The number of benzene rings is 1. The van der Waals surface area contributed by atoms with Gasteiger partial charge >= 0.3 is 0 Å². The molecule has 0 spiro atoms. The minimum Gasteiger partial charge on any atom is -0.352 e. The van der Waals surface area contributed by atoms with Crippen LogP contribution in [-0.2, 0) is 4.79 Å². The van der Waals surface area contributed by atoms with Crippen LogP contribution in [0.4, 0.5) is 0 Å². The molecule has 1 atom stereocenters. The molecule has 1 aromatic carbocycles. The molecule has 0 radical (unpaired) electrons. The summed E-state index contributed by atoms with van der Waals surface area (Å²) in [5.41, 5.74) is 4.24. The van der Waals surface area contributed by atoms with Gasteiger partial charge in [-0.25, -0.2) is 0 Å². The van der Waals surface area contributed by atoms with Crippen molar-refractivity contribution in [3.05, 3.63) is 95.6 Å². The Morgan fingerprint density at radius 1 is 1.23 bits per heavy atom. The molecule has 0 saturated heterocycles. The van der Waals surface area contributed by atoms with Crippen LogP contribution in [0.1, 0.15) is 44.6 Å². The van der Waals surface area contributed by atoms with Gasteiger partial charge in [-0.05, 0) is 50.3 Å². The standard InChI is InChI=1S/C24H29NO/c1-4-19(2)15-16-20(3)24(26)25-18-17-23(21-11-7-5-8-12-21)22-13-9-6-10-14-22/h4-5,7-9,11-16,23H,3,6,10,17-18H2,1-2H3,(H,25,26)/b16-15-,19-4-. The van der Waals surface area contributed by atoms with E-state index in [2.05, 4.69) is 54.4 Å². The van der Waals surface area contributed by atoms with Gasteiger partial charge in [0.25, 0.3) is 5.91 Å². The number of hydrogen-bond acceptors (Lipinski definition) is 1. The fourth-order valence-corrected chi connectivity index (χ4v) is 2.95. The average Bonchev–Trinajstić information content (AvgIpc) is 2.70. The summed E-state index contributed by atoms with van der Waals surface area (Å²) in [7, 11) is 0. The van der Waals surface area contributed by atoms with Crippen LogP contribution in [0.2, 0.25) is 0 Å². The van der Waals surface area contributed by atoms with Crippen LogP contribution in [0, 0.1) is 0 Å². The van der Waals surface area contributed by atoms with Crippen LogP contribution in [0.15, 0.2) is 90.1 Å². The molecule has 2 nitrogen and oxygen atoms in total. The highest BCUT2D eigenvalue weighted by molar-refractivity contribution is 5.95. The predicted molar refractivity (Wildman–Crippen MR) is 111 cm³/mol. The first-order valence-corrected chi connectivity index (χ1v) is 9.31. The summed E-state index contributed by atoms with van der Waals surface area (Å²) in [6, 6.07) is 10.5. The molecule has 1 aromatic rings. The quantitative estimate of drug-likeness (QED) is 0.479. The van der Waals surface area contributed by atoms with Gasteiger partial charge in [0.05, 0.1) is 0 Å². The van der Waals surface area contributed by atoms with Crippen molar-refractivity contribution in [1.82, 2.24) is 5.32 Å². The number of amides is 1. The monoisotopic (exact) mass is 347 g/mol. The van der Waals surface area contributed by atoms with E-state index in [1.165, 1.54) is 11.1 Å². The summed E-state index contributed by atoms with van der Waals surface area (Å²) in [5, 5.41) is 3.00. The molecule has 1 aliphatic rings. The molecule has 0 saturated carbocycles. The molecule has 1 unspecified atom stereocenters. The zero-order valence-corrected chi connectivity index (χ0v) is 15.9. The van der Waals surface area contributed by atoms with Gasteiger partial charge in [-0.2, -0.15) is 0 Å². The molecule has 0 fully saturated rings. The second-order valence-electron chi connectivity index (χ2n) is 6.58. The minimum atomic E-state index is -0.106. The average molecular weight is 348 g/mol. The number of rotatable bonds is 8. The van der Waals surface area contributed by atoms with Crippen molar-refractivity contribution >= 4 is 5.91 Å². The van der Waals surface area contributed by atoms with Crippen LogP contribution in [0.25, 0.3) is 0 Å². The zero-order chi connectivity index (χ0) is 18.8. The Morgan fingerprint density at radius 3 is 2.65 bits per heavy atom. The van der Waals surface area contributed by atoms with Crippen molar-refractivity contribution in [2.45, 2.75) is 39.0 Å². The Morgan fingerprint density at radius 2 is 2.00 bits per heavy atom. The molecule has 0 aromatic heterocycles. The summed E-state index contributed by atoms with van der Waals surface area (Å²) in [6.07, 6.45) is 15.5. The summed E-state index contributed by atoms with van der Waals surface area (Å²) >= 11 is 0. The number of allylic oxidation sites excluding steroid dienone is 7. The maximum atomic E-state index is 12.2. The second kappa shape index (κ2) is 10.4. The van der Waals surface area contributed by atoms with Crippen LogP contribution in [0.5, 0.6) is 0 Å². The van der Waals surface area contributed by atoms with Gasteiger partial charge in [0.1, 0.15) is 0 Å². The number of nitrogens with one attached hydrogen (secondary N) is 1. The fourth-order valence-electron chi connectivity index (χ4n) is 2.95. The molecule has 0 heterocycles. The Labute approximate surface area is 157 Å². The first-order valence-electron chi connectivity index (χ1n) is 9.31. The van der Waals surface area contributed by atoms with E-state index in [1.54, 1.807) is 6.08 Å². The first-order chi connectivity index (χ1) is 12.6. The van der Waals surface area contributed by atoms with Crippen LogP contribution >= 0.6 is 0 Å². The predicted octanol–water partition coefficient (Wildman–Crippen LogP) is 5.63. The van der Waals surface area contributed by atoms with E-state index in [9.17, 15) is 4.79 Å². The van der Waals surface area contributed by atoms with Crippen LogP contribution in [0.3, 0.4) is 0 Å². The Hall–Kier alpha value is -2.61. The van der Waals surface area contributed by atoms with Gasteiger partial charge in [0.15, 0.2) is 0 Å². The van der Waals surface area contributed by atoms with Crippen molar-refractivity contribution in [3.63, 3.8) is 0 Å². The van der Waals surface area contributed by atoms with Crippen LogP contribution in [-0.4, -0.2) is 12.5 Å². The lowest BCUT2D eigenvalue weighted by molar-refractivity contribution is -0.117. The highest BCUT2D eigenvalue weighted by Gasteiger charge is 2.16. The van der Waals surface area contributed by atoms with Crippen molar-refractivity contribution in [2.24, 2.45) is 0 Å². The lowest BCUT2D eigenvalue weighted by atomic mass is 9.85. The molecule has 1 aliphatic carbocycles. The minimum absolute atomic E-state index is 0.106. The molecule has 2 rings (SSSR count). The first kappa shape index (κ1) is 19.7. The smallest absolute Gasteiger partial charge is 0.250 e. The van der Waals surface area contributed by atoms with Gasteiger partial charge in [-0.3, -0.25) is 4.79 Å². The highest BCUT2D eigenvalue weighted by atomic mass is 16.1. The largest absolute Gasteiger partial charge is 0.352 e. The molecule has 1 N–H and O–H groups in total. The summed E-state index contributed by atoms with van der Waals surface area (Å²) in [6.45, 7) is 8.45. The lowest BCUT2D eigenvalue weighted by Gasteiger charge is -2.21. The summed E-state index contributed by atoms with van der Waals surface area (Å²) in [4.78, 5) is 12.2. The van der Waals surface area contributed by atoms with Gasteiger partial charge in [0.2, 0.25) is 0 Å². The molecular formula is C24H29NO. The van der Waals surface area contributed by atoms with E-state index in [0.717, 1.165) is 24.8 Å². The van der Waals surface area contributed by atoms with E-state index in [0.29, 0.717) is 18.0 Å². The van der Waals surface area contributed by atoms with E-state index in [1.807, 2.05) is 32.1 Å². The number of carbonyl (C=O) groups is 1. The maximum Gasteiger partial charge on any atom is 0.250 e. The molecule has 0 bridgehead atoms. The van der Waals surface area contributed by atoms with Gasteiger partial charge in [-0.15, -0.1) is 0 Å². The summed E-state index contributed by atoms with van der Waals surface area (Å²) < 4.78 is 0. The maximum absolute atomic E-state index is 12.2. The number of carbonyl (C=O) groups excluding carboxylic acids is 1. The lowest BCUT2D eigenvalue weighted by Crippen LogP contribution is -2.26. The fraction of sp³-hybridized carbons (Fsp3) is 0.292. The van der Waals surface area contributed by atoms with Crippen molar-refractivity contribution in [2.75, 3.05) is 6.54 Å². The molecule has 1 amide bonds. The molecule has 2 heteroatoms. The molecule has 0 aliphatic heterocycles. The van der Waals surface area contributed by atoms with E-state index >= 15 is 0 Å². The number of hydrogen-bond donors (Lipinski definition) is 1. The topological polar surface area (TPSA) is 29.1 Å². The van der Waals surface area contributed by atoms with Crippen LogP contribution < -0.4 is 5.32 Å². The zero-order valence-electron chi connectivity index (χ0n) is 15.9. The third-order valence-corrected chi connectivity index (χ3v) is 4.64. The van der Waals surface area contributed by atoms with E-state index < -0.39 is 0 Å². The van der Waals surface area contributed by atoms with E-state index in [-0.39, 0.29) is 5.91 Å².